The number of hydrogen-bond donors (Lipinski definition) is 1. The van der Waals surface area contributed by atoms with Crippen LogP contribution in [0.25, 0.3) is 0 Å². The van der Waals surface area contributed by atoms with E-state index in [0.717, 1.165) is 13.1 Å². The van der Waals surface area contributed by atoms with E-state index < -0.39 is 0 Å². The van der Waals surface area contributed by atoms with Crippen LogP contribution in [0.1, 0.15) is 0 Å². The molecule has 1 aliphatic rings. The minimum absolute atomic E-state index is 0.622. The van der Waals surface area contributed by atoms with Gasteiger partial charge in [-0.2, -0.15) is 11.8 Å². The maximum absolute atomic E-state index is 5.69. The van der Waals surface area contributed by atoms with E-state index >= 15 is 0 Å². The Morgan fingerprint density at radius 1 is 1.36 bits per heavy atom. The van der Waals surface area contributed by atoms with Gasteiger partial charge < -0.3 is 10.3 Å². The van der Waals surface area contributed by atoms with Crippen LogP contribution in [0, 0.1) is 0 Å². The van der Waals surface area contributed by atoms with Gasteiger partial charge in [0.1, 0.15) is 0 Å². The summed E-state index contributed by atoms with van der Waals surface area (Å²) in [6.45, 7) is 4.45. The molecule has 2 heterocycles. The standard InChI is InChI=1S/C9H16N4S/c10-9-11-1-2-13(9)4-3-12-5-7-14-8-6-12/h1-2H,3-8H2,(H2,10,11). The highest BCUT2D eigenvalue weighted by molar-refractivity contribution is 7.99. The van der Waals surface area contributed by atoms with Crippen LogP contribution in [-0.4, -0.2) is 45.6 Å². The first kappa shape index (κ1) is 9.86. The molecular formula is C9H16N4S. The summed E-state index contributed by atoms with van der Waals surface area (Å²) in [7, 11) is 0. The Labute approximate surface area is 88.5 Å². The van der Waals surface area contributed by atoms with Crippen molar-refractivity contribution in [3.05, 3.63) is 12.4 Å². The Balaban J connectivity index is 1.79. The van der Waals surface area contributed by atoms with Crippen molar-refractivity contribution >= 4 is 17.7 Å². The number of nitrogens with zero attached hydrogens (tertiary/aromatic N) is 3. The summed E-state index contributed by atoms with van der Waals surface area (Å²) < 4.78 is 2.00. The highest BCUT2D eigenvalue weighted by atomic mass is 32.2. The molecule has 4 nitrogen and oxygen atoms in total. The predicted molar refractivity (Wildman–Crippen MR) is 60.4 cm³/mol. The second kappa shape index (κ2) is 4.70. The molecule has 0 radical (unpaired) electrons. The van der Waals surface area contributed by atoms with E-state index in [1.54, 1.807) is 6.20 Å². The van der Waals surface area contributed by atoms with E-state index in [4.69, 9.17) is 5.73 Å². The van der Waals surface area contributed by atoms with Gasteiger partial charge in [0.05, 0.1) is 0 Å². The van der Waals surface area contributed by atoms with Crippen molar-refractivity contribution in [1.29, 1.82) is 0 Å². The molecule has 0 aliphatic carbocycles. The second-order valence-electron chi connectivity index (χ2n) is 3.43. The van der Waals surface area contributed by atoms with Crippen molar-refractivity contribution < 1.29 is 0 Å². The quantitative estimate of drug-likeness (QED) is 0.793. The molecule has 1 aliphatic heterocycles. The molecule has 0 saturated carbocycles. The van der Waals surface area contributed by atoms with E-state index in [0.29, 0.717) is 5.95 Å². The van der Waals surface area contributed by atoms with Gasteiger partial charge in [-0.05, 0) is 0 Å². The van der Waals surface area contributed by atoms with E-state index in [-0.39, 0.29) is 0 Å². The topological polar surface area (TPSA) is 47.1 Å². The lowest BCUT2D eigenvalue weighted by molar-refractivity contribution is 0.290. The number of nitrogen functional groups attached to an aromatic ring is 1. The van der Waals surface area contributed by atoms with Gasteiger partial charge in [0, 0.05) is 50.1 Å². The molecule has 2 rings (SSSR count). The Kier molecular flexibility index (Phi) is 3.31. The molecular weight excluding hydrogens is 196 g/mol. The van der Waals surface area contributed by atoms with Crippen LogP contribution in [0.2, 0.25) is 0 Å². The lowest BCUT2D eigenvalue weighted by atomic mass is 10.4. The summed E-state index contributed by atoms with van der Waals surface area (Å²) >= 11 is 2.04. The van der Waals surface area contributed by atoms with Crippen molar-refractivity contribution in [1.82, 2.24) is 14.5 Å². The third-order valence-electron chi connectivity index (χ3n) is 2.51. The Hall–Kier alpha value is -0.680. The van der Waals surface area contributed by atoms with Crippen molar-refractivity contribution in [2.45, 2.75) is 6.54 Å². The number of nitrogens with two attached hydrogens (primary N) is 1. The molecule has 0 aromatic carbocycles. The lowest BCUT2D eigenvalue weighted by Crippen LogP contribution is -2.35. The van der Waals surface area contributed by atoms with Crippen molar-refractivity contribution in [3.63, 3.8) is 0 Å². The Morgan fingerprint density at radius 3 is 2.79 bits per heavy atom. The van der Waals surface area contributed by atoms with Crippen LogP contribution >= 0.6 is 11.8 Å². The van der Waals surface area contributed by atoms with E-state index in [1.807, 2.05) is 22.5 Å². The summed E-state index contributed by atoms with van der Waals surface area (Å²) in [6, 6.07) is 0. The summed E-state index contributed by atoms with van der Waals surface area (Å²) in [5, 5.41) is 0. The van der Waals surface area contributed by atoms with Crippen molar-refractivity contribution in [2.75, 3.05) is 36.9 Å². The minimum atomic E-state index is 0.622. The van der Waals surface area contributed by atoms with Crippen LogP contribution in [0.4, 0.5) is 5.95 Å². The maximum Gasteiger partial charge on any atom is 0.200 e. The molecule has 0 spiro atoms. The fourth-order valence-electron chi connectivity index (χ4n) is 1.60. The molecule has 1 saturated heterocycles. The third-order valence-corrected chi connectivity index (χ3v) is 3.45. The fraction of sp³-hybridized carbons (Fsp3) is 0.667. The first-order valence-corrected chi connectivity index (χ1v) is 6.08. The first-order valence-electron chi connectivity index (χ1n) is 4.93. The van der Waals surface area contributed by atoms with Gasteiger partial charge in [-0.15, -0.1) is 0 Å². The van der Waals surface area contributed by atoms with Gasteiger partial charge in [0.25, 0.3) is 0 Å². The predicted octanol–water partition coefficient (Wildman–Crippen LogP) is 0.514. The third kappa shape index (κ3) is 2.42. The molecule has 1 aromatic rings. The van der Waals surface area contributed by atoms with Crippen LogP contribution in [-0.2, 0) is 6.54 Å². The lowest BCUT2D eigenvalue weighted by Gasteiger charge is -2.26. The molecule has 78 valence electrons. The zero-order valence-corrected chi connectivity index (χ0v) is 9.04. The molecule has 0 bridgehead atoms. The molecule has 2 N–H and O–H groups in total. The number of aromatic nitrogens is 2. The first-order chi connectivity index (χ1) is 6.86. The molecule has 1 aromatic heterocycles. The summed E-state index contributed by atoms with van der Waals surface area (Å²) in [5.41, 5.74) is 5.69. The number of hydrogen-bond acceptors (Lipinski definition) is 4. The molecule has 0 unspecified atom stereocenters. The highest BCUT2D eigenvalue weighted by Gasteiger charge is 2.09. The van der Waals surface area contributed by atoms with E-state index in [1.165, 1.54) is 24.6 Å². The van der Waals surface area contributed by atoms with Gasteiger partial charge in [-0.3, -0.25) is 4.90 Å². The smallest absolute Gasteiger partial charge is 0.200 e. The normalized spacial score (nSPS) is 18.6. The molecule has 0 atom stereocenters. The van der Waals surface area contributed by atoms with Crippen LogP contribution < -0.4 is 5.73 Å². The summed E-state index contributed by atoms with van der Waals surface area (Å²) in [4.78, 5) is 6.48. The molecule has 1 fully saturated rings. The van der Waals surface area contributed by atoms with E-state index in [2.05, 4.69) is 9.88 Å². The van der Waals surface area contributed by atoms with Crippen LogP contribution in [0.3, 0.4) is 0 Å². The largest absolute Gasteiger partial charge is 0.369 e. The number of thioether (sulfide) groups is 1. The molecule has 5 heteroatoms. The van der Waals surface area contributed by atoms with Gasteiger partial charge in [-0.1, -0.05) is 0 Å². The van der Waals surface area contributed by atoms with Gasteiger partial charge in [-0.25, -0.2) is 4.98 Å². The van der Waals surface area contributed by atoms with Crippen molar-refractivity contribution in [2.24, 2.45) is 0 Å². The Bertz CT molecular complexity index is 280. The zero-order chi connectivity index (χ0) is 9.80. The molecule has 14 heavy (non-hydrogen) atoms. The van der Waals surface area contributed by atoms with Crippen molar-refractivity contribution in [3.8, 4) is 0 Å². The summed E-state index contributed by atoms with van der Waals surface area (Å²) in [6.07, 6.45) is 3.69. The second-order valence-corrected chi connectivity index (χ2v) is 4.66. The highest BCUT2D eigenvalue weighted by Crippen LogP contribution is 2.09. The zero-order valence-electron chi connectivity index (χ0n) is 8.22. The minimum Gasteiger partial charge on any atom is -0.369 e. The average molecular weight is 212 g/mol. The van der Waals surface area contributed by atoms with Crippen LogP contribution in [0.5, 0.6) is 0 Å². The van der Waals surface area contributed by atoms with Gasteiger partial charge in [0.2, 0.25) is 0 Å². The van der Waals surface area contributed by atoms with Gasteiger partial charge in [0.15, 0.2) is 5.95 Å². The summed E-state index contributed by atoms with van der Waals surface area (Å²) in [5.74, 6) is 3.15. The number of imidazole rings is 1. The maximum atomic E-state index is 5.69. The fourth-order valence-corrected chi connectivity index (χ4v) is 2.58. The number of rotatable bonds is 3. The Morgan fingerprint density at radius 2 is 2.14 bits per heavy atom. The average Bonchev–Trinajstić information content (AvgIpc) is 2.63. The SMILES string of the molecule is Nc1nccn1CCN1CCSCC1. The van der Waals surface area contributed by atoms with Crippen LogP contribution in [0.15, 0.2) is 12.4 Å². The van der Waals surface area contributed by atoms with E-state index in [9.17, 15) is 0 Å². The monoisotopic (exact) mass is 212 g/mol. The number of anilines is 1. The molecule has 0 amide bonds. The van der Waals surface area contributed by atoms with Gasteiger partial charge >= 0.3 is 0 Å².